The van der Waals surface area contributed by atoms with Gasteiger partial charge in [-0.1, -0.05) is 31.0 Å². The molecular formula is C17H27ClN2O2. The molecule has 0 spiro atoms. The van der Waals surface area contributed by atoms with Gasteiger partial charge >= 0.3 is 0 Å². The van der Waals surface area contributed by atoms with Gasteiger partial charge in [-0.05, 0) is 50.3 Å². The van der Waals surface area contributed by atoms with Gasteiger partial charge in [-0.15, -0.1) is 12.4 Å². The van der Waals surface area contributed by atoms with Crippen molar-refractivity contribution in [3.8, 4) is 5.75 Å². The van der Waals surface area contributed by atoms with E-state index in [0.29, 0.717) is 12.5 Å². The van der Waals surface area contributed by atoms with Crippen LogP contribution in [0.25, 0.3) is 0 Å². The van der Waals surface area contributed by atoms with Crippen LogP contribution < -0.4 is 15.8 Å². The number of hydrogen-bond acceptors (Lipinski definition) is 3. The van der Waals surface area contributed by atoms with Crippen molar-refractivity contribution in [2.75, 3.05) is 13.2 Å². The predicted octanol–water partition coefficient (Wildman–Crippen LogP) is 2.74. The summed E-state index contributed by atoms with van der Waals surface area (Å²) >= 11 is 0. The van der Waals surface area contributed by atoms with Gasteiger partial charge in [0.05, 0.1) is 0 Å². The highest BCUT2D eigenvalue weighted by Gasteiger charge is 2.25. The van der Waals surface area contributed by atoms with Gasteiger partial charge in [0, 0.05) is 6.04 Å². The van der Waals surface area contributed by atoms with Gasteiger partial charge in [-0.3, -0.25) is 4.79 Å². The molecule has 0 aromatic heterocycles. The number of carbonyl (C=O) groups is 1. The third kappa shape index (κ3) is 4.89. The molecule has 0 bridgehead atoms. The lowest BCUT2D eigenvalue weighted by Gasteiger charge is -2.31. The maximum atomic E-state index is 12.1. The number of halogens is 1. The first kappa shape index (κ1) is 18.8. The fourth-order valence-corrected chi connectivity index (χ4v) is 3.09. The summed E-state index contributed by atoms with van der Waals surface area (Å²) in [6.45, 7) is 4.69. The van der Waals surface area contributed by atoms with E-state index in [0.717, 1.165) is 29.7 Å². The van der Waals surface area contributed by atoms with E-state index in [9.17, 15) is 4.79 Å². The lowest BCUT2D eigenvalue weighted by molar-refractivity contribution is -0.124. The largest absolute Gasteiger partial charge is 0.483 e. The highest BCUT2D eigenvalue weighted by Crippen LogP contribution is 2.24. The van der Waals surface area contributed by atoms with E-state index in [4.69, 9.17) is 10.5 Å². The third-order valence-electron chi connectivity index (χ3n) is 4.31. The lowest BCUT2D eigenvalue weighted by atomic mass is 9.84. The van der Waals surface area contributed by atoms with Crippen LogP contribution in [-0.4, -0.2) is 25.1 Å². The first-order valence-corrected chi connectivity index (χ1v) is 7.80. The summed E-state index contributed by atoms with van der Waals surface area (Å²) in [7, 11) is 0. The molecule has 1 saturated carbocycles. The molecule has 0 saturated heterocycles. The summed E-state index contributed by atoms with van der Waals surface area (Å²) in [6.07, 6.45) is 4.52. The number of carbonyl (C=O) groups excluding carboxylic acids is 1. The Morgan fingerprint density at radius 1 is 1.27 bits per heavy atom. The Bertz CT molecular complexity index is 473. The van der Waals surface area contributed by atoms with Crippen LogP contribution in [0.5, 0.6) is 5.75 Å². The second-order valence-corrected chi connectivity index (χ2v) is 5.96. The van der Waals surface area contributed by atoms with Crippen LogP contribution in [0.2, 0.25) is 0 Å². The number of benzene rings is 1. The monoisotopic (exact) mass is 326 g/mol. The molecule has 0 heterocycles. The van der Waals surface area contributed by atoms with Gasteiger partial charge < -0.3 is 15.8 Å². The molecular weight excluding hydrogens is 300 g/mol. The number of amides is 1. The molecule has 1 aromatic rings. The summed E-state index contributed by atoms with van der Waals surface area (Å²) < 4.78 is 5.70. The van der Waals surface area contributed by atoms with Crippen molar-refractivity contribution in [1.29, 1.82) is 0 Å². The van der Waals surface area contributed by atoms with Crippen molar-refractivity contribution in [3.63, 3.8) is 0 Å². The number of nitrogens with one attached hydrogen (secondary N) is 1. The second kappa shape index (κ2) is 9.01. The maximum Gasteiger partial charge on any atom is 0.258 e. The number of hydrogen-bond donors (Lipinski definition) is 2. The highest BCUT2D eigenvalue weighted by atomic mass is 35.5. The molecule has 0 aliphatic heterocycles. The number of ether oxygens (including phenoxy) is 1. The van der Waals surface area contributed by atoms with Gasteiger partial charge in [0.25, 0.3) is 5.91 Å². The van der Waals surface area contributed by atoms with Crippen molar-refractivity contribution in [2.24, 2.45) is 11.7 Å². The quantitative estimate of drug-likeness (QED) is 0.874. The van der Waals surface area contributed by atoms with E-state index in [-0.39, 0.29) is 31.0 Å². The van der Waals surface area contributed by atoms with Crippen LogP contribution in [-0.2, 0) is 4.79 Å². The number of nitrogens with two attached hydrogens (primary N) is 1. The zero-order valence-corrected chi connectivity index (χ0v) is 14.2. The van der Waals surface area contributed by atoms with Crippen LogP contribution >= 0.6 is 12.4 Å². The zero-order valence-electron chi connectivity index (χ0n) is 13.4. The van der Waals surface area contributed by atoms with Crippen LogP contribution in [0.15, 0.2) is 18.2 Å². The standard InChI is InChI=1S/C17H26N2O2.ClH/c1-12-6-5-7-13(2)17(12)21-11-16(20)19-15-9-4-3-8-14(15)10-18;/h5-7,14-15H,3-4,8-11,18H2,1-2H3,(H,19,20);1H. The molecule has 1 aliphatic rings. The van der Waals surface area contributed by atoms with E-state index in [2.05, 4.69) is 5.32 Å². The van der Waals surface area contributed by atoms with Gasteiger partial charge in [-0.2, -0.15) is 0 Å². The van der Waals surface area contributed by atoms with Crippen molar-refractivity contribution in [2.45, 2.75) is 45.6 Å². The normalized spacial score (nSPS) is 20.9. The SMILES string of the molecule is Cc1cccc(C)c1OCC(=O)NC1CCCCC1CN.Cl. The van der Waals surface area contributed by atoms with Crippen LogP contribution in [0.4, 0.5) is 0 Å². The molecule has 1 aliphatic carbocycles. The van der Waals surface area contributed by atoms with Crippen molar-refractivity contribution in [3.05, 3.63) is 29.3 Å². The Labute approximate surface area is 139 Å². The summed E-state index contributed by atoms with van der Waals surface area (Å²) in [6, 6.07) is 6.18. The fourth-order valence-electron chi connectivity index (χ4n) is 3.09. The minimum Gasteiger partial charge on any atom is -0.483 e. The molecule has 1 aromatic carbocycles. The molecule has 0 radical (unpaired) electrons. The van der Waals surface area contributed by atoms with Gasteiger partial charge in [0.1, 0.15) is 5.75 Å². The van der Waals surface area contributed by atoms with Crippen LogP contribution in [0.1, 0.15) is 36.8 Å². The molecule has 1 amide bonds. The first-order chi connectivity index (χ1) is 10.1. The van der Waals surface area contributed by atoms with Crippen molar-refractivity contribution >= 4 is 18.3 Å². The Morgan fingerprint density at radius 2 is 1.91 bits per heavy atom. The zero-order chi connectivity index (χ0) is 15.2. The van der Waals surface area contributed by atoms with Crippen molar-refractivity contribution in [1.82, 2.24) is 5.32 Å². The number of aryl methyl sites for hydroxylation is 2. The average Bonchev–Trinajstić information content (AvgIpc) is 2.47. The molecule has 3 N–H and O–H groups in total. The Morgan fingerprint density at radius 3 is 2.55 bits per heavy atom. The predicted molar refractivity (Wildman–Crippen MR) is 91.6 cm³/mol. The summed E-state index contributed by atoms with van der Waals surface area (Å²) in [4.78, 5) is 12.1. The van der Waals surface area contributed by atoms with Gasteiger partial charge in [0.2, 0.25) is 0 Å². The highest BCUT2D eigenvalue weighted by molar-refractivity contribution is 5.85. The van der Waals surface area contributed by atoms with E-state index < -0.39 is 0 Å². The molecule has 5 heteroatoms. The smallest absolute Gasteiger partial charge is 0.258 e. The molecule has 4 nitrogen and oxygen atoms in total. The number of rotatable bonds is 5. The molecule has 2 atom stereocenters. The second-order valence-electron chi connectivity index (χ2n) is 5.96. The Hall–Kier alpha value is -1.26. The van der Waals surface area contributed by atoms with Crippen molar-refractivity contribution < 1.29 is 9.53 Å². The first-order valence-electron chi connectivity index (χ1n) is 7.80. The molecule has 1 fully saturated rings. The Kier molecular flexibility index (Phi) is 7.69. The van der Waals surface area contributed by atoms with Crippen LogP contribution in [0.3, 0.4) is 0 Å². The topological polar surface area (TPSA) is 64.3 Å². The van der Waals surface area contributed by atoms with E-state index in [1.165, 1.54) is 12.8 Å². The van der Waals surface area contributed by atoms with Crippen LogP contribution in [0, 0.1) is 19.8 Å². The third-order valence-corrected chi connectivity index (χ3v) is 4.31. The maximum absolute atomic E-state index is 12.1. The lowest BCUT2D eigenvalue weighted by Crippen LogP contribution is -2.46. The fraction of sp³-hybridized carbons (Fsp3) is 0.588. The molecule has 124 valence electrons. The van der Waals surface area contributed by atoms with E-state index in [1.54, 1.807) is 0 Å². The van der Waals surface area contributed by atoms with E-state index >= 15 is 0 Å². The Balaban J connectivity index is 0.00000242. The molecule has 22 heavy (non-hydrogen) atoms. The van der Waals surface area contributed by atoms with E-state index in [1.807, 2.05) is 32.0 Å². The molecule has 2 rings (SSSR count). The number of para-hydroxylation sites is 1. The average molecular weight is 327 g/mol. The van der Waals surface area contributed by atoms with Gasteiger partial charge in [0.15, 0.2) is 6.61 Å². The van der Waals surface area contributed by atoms with Gasteiger partial charge in [-0.25, -0.2) is 0 Å². The summed E-state index contributed by atoms with van der Waals surface area (Å²) in [5, 5.41) is 3.09. The summed E-state index contributed by atoms with van der Waals surface area (Å²) in [5.74, 6) is 1.16. The summed E-state index contributed by atoms with van der Waals surface area (Å²) in [5.41, 5.74) is 7.90. The minimum absolute atomic E-state index is 0. The molecule has 2 unspecified atom stereocenters. The minimum atomic E-state index is -0.0528.